The van der Waals surface area contributed by atoms with Crippen molar-refractivity contribution in [2.45, 2.75) is 13.0 Å². The molecule has 1 N–H and O–H groups in total. The lowest BCUT2D eigenvalue weighted by Gasteiger charge is -2.26. The number of nitrogens with zero attached hydrogens (tertiary/aromatic N) is 5. The van der Waals surface area contributed by atoms with E-state index >= 15 is 0 Å². The fraction of sp³-hybridized carbons (Fsp3) is 0.300. The third-order valence-electron chi connectivity index (χ3n) is 2.79. The van der Waals surface area contributed by atoms with E-state index in [1.807, 2.05) is 12.1 Å². The highest BCUT2D eigenvalue weighted by atomic mass is 16.2. The first-order valence-corrected chi connectivity index (χ1v) is 5.30. The lowest BCUT2D eigenvalue weighted by atomic mass is 10.1. The maximum atomic E-state index is 12.0. The van der Waals surface area contributed by atoms with Gasteiger partial charge in [-0.15, -0.1) is 10.2 Å². The van der Waals surface area contributed by atoms with Crippen molar-refractivity contribution >= 4 is 5.91 Å². The summed E-state index contributed by atoms with van der Waals surface area (Å²) in [4.78, 5) is 18.0. The Bertz CT molecular complexity index is 537. The number of H-pyrrole nitrogens is 1. The second-order valence-corrected chi connectivity index (χ2v) is 3.82. The smallest absolute Gasteiger partial charge is 0.295 e. The maximum Gasteiger partial charge on any atom is 0.295 e. The number of nitrogens with one attached hydrogen (secondary N) is 1. The molecule has 7 heteroatoms. The monoisotopic (exact) mass is 230 g/mol. The van der Waals surface area contributed by atoms with Gasteiger partial charge in [0.1, 0.15) is 0 Å². The fourth-order valence-electron chi connectivity index (χ4n) is 1.93. The molecule has 1 aliphatic rings. The molecule has 0 bridgehead atoms. The van der Waals surface area contributed by atoms with Crippen molar-refractivity contribution in [3.05, 3.63) is 35.4 Å². The van der Waals surface area contributed by atoms with Crippen LogP contribution < -0.4 is 0 Å². The zero-order chi connectivity index (χ0) is 11.7. The SMILES string of the molecule is O=C(c1nn[nH]n1)N1CCc2ncccc2C1. The summed E-state index contributed by atoms with van der Waals surface area (Å²) >= 11 is 0. The molecule has 2 aromatic heterocycles. The average molecular weight is 230 g/mol. The average Bonchev–Trinajstić information content (AvgIpc) is 2.91. The van der Waals surface area contributed by atoms with Crippen LogP contribution in [0.15, 0.2) is 18.3 Å². The minimum absolute atomic E-state index is 0.109. The van der Waals surface area contributed by atoms with Gasteiger partial charge in [-0.2, -0.15) is 5.21 Å². The van der Waals surface area contributed by atoms with Gasteiger partial charge in [0.2, 0.25) is 0 Å². The van der Waals surface area contributed by atoms with Crippen LogP contribution in [-0.2, 0) is 13.0 Å². The van der Waals surface area contributed by atoms with Crippen LogP contribution in [-0.4, -0.2) is 43.0 Å². The molecule has 0 fully saturated rings. The Morgan fingerprint density at radius 3 is 3.24 bits per heavy atom. The van der Waals surface area contributed by atoms with Crippen molar-refractivity contribution in [1.82, 2.24) is 30.5 Å². The minimum Gasteiger partial charge on any atom is -0.331 e. The lowest BCUT2D eigenvalue weighted by Crippen LogP contribution is -2.36. The Morgan fingerprint density at radius 2 is 2.41 bits per heavy atom. The number of amides is 1. The van der Waals surface area contributed by atoms with E-state index in [1.165, 1.54) is 0 Å². The normalized spacial score (nSPS) is 14.5. The molecule has 0 atom stereocenters. The summed E-state index contributed by atoms with van der Waals surface area (Å²) in [5.74, 6) is -0.0920. The molecular formula is C10H10N6O. The third-order valence-corrected chi connectivity index (χ3v) is 2.79. The Balaban J connectivity index is 1.83. The van der Waals surface area contributed by atoms with Crippen molar-refractivity contribution in [2.75, 3.05) is 6.54 Å². The van der Waals surface area contributed by atoms with Crippen LogP contribution in [0.4, 0.5) is 0 Å². The molecule has 0 saturated carbocycles. The molecule has 2 aromatic rings. The van der Waals surface area contributed by atoms with Crippen LogP contribution in [0.2, 0.25) is 0 Å². The highest BCUT2D eigenvalue weighted by Gasteiger charge is 2.24. The highest BCUT2D eigenvalue weighted by Crippen LogP contribution is 2.17. The van der Waals surface area contributed by atoms with Gasteiger partial charge in [-0.25, -0.2) is 0 Å². The minimum atomic E-state index is -0.201. The zero-order valence-electron chi connectivity index (χ0n) is 9.00. The number of pyridine rings is 1. The molecule has 0 unspecified atom stereocenters. The Hall–Kier alpha value is -2.31. The summed E-state index contributed by atoms with van der Waals surface area (Å²) in [5, 5.41) is 13.1. The molecule has 1 aliphatic heterocycles. The van der Waals surface area contributed by atoms with Gasteiger partial charge in [-0.3, -0.25) is 9.78 Å². The van der Waals surface area contributed by atoms with Crippen molar-refractivity contribution in [1.29, 1.82) is 0 Å². The van der Waals surface area contributed by atoms with Gasteiger partial charge in [-0.05, 0) is 16.8 Å². The van der Waals surface area contributed by atoms with E-state index in [9.17, 15) is 4.79 Å². The van der Waals surface area contributed by atoms with Crippen molar-refractivity contribution in [2.24, 2.45) is 0 Å². The molecule has 17 heavy (non-hydrogen) atoms. The third kappa shape index (κ3) is 1.75. The van der Waals surface area contributed by atoms with Crippen LogP contribution in [0.25, 0.3) is 0 Å². The number of tetrazole rings is 1. The van der Waals surface area contributed by atoms with Crippen LogP contribution in [0, 0.1) is 0 Å². The second-order valence-electron chi connectivity index (χ2n) is 3.82. The van der Waals surface area contributed by atoms with E-state index in [2.05, 4.69) is 25.6 Å². The van der Waals surface area contributed by atoms with Gasteiger partial charge in [0, 0.05) is 31.4 Å². The zero-order valence-corrected chi connectivity index (χ0v) is 9.00. The molecule has 0 spiro atoms. The number of fused-ring (bicyclic) bond motifs is 1. The molecule has 7 nitrogen and oxygen atoms in total. The van der Waals surface area contributed by atoms with E-state index in [1.54, 1.807) is 11.1 Å². The molecule has 86 valence electrons. The topological polar surface area (TPSA) is 87.7 Å². The fourth-order valence-corrected chi connectivity index (χ4v) is 1.93. The first-order valence-electron chi connectivity index (χ1n) is 5.30. The summed E-state index contributed by atoms with van der Waals surface area (Å²) in [5.41, 5.74) is 2.14. The van der Waals surface area contributed by atoms with Crippen molar-refractivity contribution in [3.63, 3.8) is 0 Å². The van der Waals surface area contributed by atoms with E-state index in [0.717, 1.165) is 17.7 Å². The second kappa shape index (κ2) is 3.93. The van der Waals surface area contributed by atoms with Crippen LogP contribution in [0.1, 0.15) is 21.9 Å². The van der Waals surface area contributed by atoms with Crippen LogP contribution >= 0.6 is 0 Å². The van der Waals surface area contributed by atoms with Crippen molar-refractivity contribution < 1.29 is 4.79 Å². The van der Waals surface area contributed by atoms with Gasteiger partial charge in [0.25, 0.3) is 11.7 Å². The first kappa shape index (κ1) is 9.88. The van der Waals surface area contributed by atoms with Crippen LogP contribution in [0.3, 0.4) is 0 Å². The molecule has 0 aromatic carbocycles. The first-order chi connectivity index (χ1) is 8.34. The quantitative estimate of drug-likeness (QED) is 0.732. The molecule has 0 radical (unpaired) electrons. The van der Waals surface area contributed by atoms with E-state index in [0.29, 0.717) is 13.1 Å². The maximum absolute atomic E-state index is 12.0. The Morgan fingerprint density at radius 1 is 1.47 bits per heavy atom. The number of rotatable bonds is 1. The van der Waals surface area contributed by atoms with Gasteiger partial charge in [0.15, 0.2) is 0 Å². The largest absolute Gasteiger partial charge is 0.331 e. The van der Waals surface area contributed by atoms with E-state index < -0.39 is 0 Å². The molecule has 0 saturated heterocycles. The summed E-state index contributed by atoms with van der Waals surface area (Å²) < 4.78 is 0. The predicted octanol–water partition coefficient (Wildman–Crippen LogP) is -0.207. The predicted molar refractivity (Wildman–Crippen MR) is 56.9 cm³/mol. The highest BCUT2D eigenvalue weighted by molar-refractivity contribution is 5.90. The van der Waals surface area contributed by atoms with Gasteiger partial charge >= 0.3 is 0 Å². The molecular weight excluding hydrogens is 220 g/mol. The van der Waals surface area contributed by atoms with E-state index in [-0.39, 0.29) is 11.7 Å². The summed E-state index contributed by atoms with van der Waals surface area (Å²) in [6.45, 7) is 1.19. The molecule has 0 aliphatic carbocycles. The Kier molecular flexibility index (Phi) is 2.28. The summed E-state index contributed by atoms with van der Waals surface area (Å²) in [6.07, 6.45) is 2.54. The number of carbonyl (C=O) groups excluding carboxylic acids is 1. The molecule has 3 heterocycles. The lowest BCUT2D eigenvalue weighted by molar-refractivity contribution is 0.0721. The van der Waals surface area contributed by atoms with Gasteiger partial charge < -0.3 is 4.90 Å². The number of aromatic nitrogens is 5. The number of carbonyl (C=O) groups is 1. The number of hydrogen-bond acceptors (Lipinski definition) is 5. The van der Waals surface area contributed by atoms with E-state index in [4.69, 9.17) is 0 Å². The standard InChI is InChI=1S/C10H10N6O/c17-10(9-12-14-15-13-9)16-5-3-8-7(6-16)2-1-4-11-8/h1-2,4H,3,5-6H2,(H,12,13,14,15). The molecule has 1 amide bonds. The molecule has 3 rings (SSSR count). The van der Waals surface area contributed by atoms with Crippen LogP contribution in [0.5, 0.6) is 0 Å². The number of hydrogen-bond donors (Lipinski definition) is 1. The van der Waals surface area contributed by atoms with Gasteiger partial charge in [-0.1, -0.05) is 6.07 Å². The summed E-state index contributed by atoms with van der Waals surface area (Å²) in [7, 11) is 0. The van der Waals surface area contributed by atoms with Crippen molar-refractivity contribution in [3.8, 4) is 0 Å². The number of aromatic amines is 1. The summed E-state index contributed by atoms with van der Waals surface area (Å²) in [6, 6.07) is 3.86. The van der Waals surface area contributed by atoms with Gasteiger partial charge in [0.05, 0.1) is 0 Å². The Labute approximate surface area is 96.9 Å².